The van der Waals surface area contributed by atoms with Gasteiger partial charge in [-0.1, -0.05) is 40.6 Å². The van der Waals surface area contributed by atoms with Gasteiger partial charge < -0.3 is 9.80 Å². The van der Waals surface area contributed by atoms with Crippen LogP contribution in [0.4, 0.5) is 5.13 Å². The monoisotopic (exact) mass is 386 g/mol. The minimum Gasteiger partial charge on any atom is -0.337 e. The van der Waals surface area contributed by atoms with E-state index >= 15 is 0 Å². The Kier molecular flexibility index (Phi) is 5.15. The van der Waals surface area contributed by atoms with Gasteiger partial charge in [0.2, 0.25) is 9.84 Å². The molecule has 0 spiro atoms. The molecule has 3 rings (SSSR count). The number of rotatable bonds is 4. The van der Waals surface area contributed by atoms with Gasteiger partial charge in [-0.15, -0.1) is 0 Å². The maximum absolute atomic E-state index is 12.8. The third-order valence-corrected chi connectivity index (χ3v) is 7.63. The zero-order chi connectivity index (χ0) is 17.3. The maximum atomic E-state index is 12.8. The van der Waals surface area contributed by atoms with Crippen molar-refractivity contribution >= 4 is 37.9 Å². The van der Waals surface area contributed by atoms with Gasteiger partial charge in [0.1, 0.15) is 4.34 Å². The maximum Gasteiger partial charge on any atom is 0.226 e. The number of thiazole rings is 1. The van der Waals surface area contributed by atoms with Gasteiger partial charge in [0, 0.05) is 0 Å². The number of hydrogen-bond acceptors (Lipinski definition) is 5. The molecule has 1 aromatic carbocycles. The summed E-state index contributed by atoms with van der Waals surface area (Å²) in [5.74, 6) is 0. The summed E-state index contributed by atoms with van der Waals surface area (Å²) in [7, 11) is -3.68. The summed E-state index contributed by atoms with van der Waals surface area (Å²) in [6, 6.07) is 6.76. The number of halogens is 1. The van der Waals surface area contributed by atoms with E-state index in [9.17, 15) is 8.42 Å². The molecule has 0 atom stereocenters. The molecule has 1 saturated heterocycles. The van der Waals surface area contributed by atoms with Crippen molar-refractivity contribution in [2.75, 3.05) is 37.6 Å². The summed E-state index contributed by atoms with van der Waals surface area (Å²) in [6.45, 7) is 9.02. The van der Waals surface area contributed by atoms with Gasteiger partial charge in [0.15, 0.2) is 10.2 Å². The molecule has 1 aromatic heterocycles. The largest absolute Gasteiger partial charge is 0.337 e. The first-order valence-corrected chi connectivity index (χ1v) is 10.7. The van der Waals surface area contributed by atoms with Crippen molar-refractivity contribution in [2.24, 2.45) is 0 Å². The zero-order valence-corrected chi connectivity index (χ0v) is 16.1. The van der Waals surface area contributed by atoms with Crippen LogP contribution in [0.3, 0.4) is 0 Å². The molecular formula is C16H21ClN3O2S2+. The number of aryl methyl sites for hydroxylation is 1. The van der Waals surface area contributed by atoms with Crippen LogP contribution in [-0.4, -0.2) is 46.1 Å². The molecule has 1 aliphatic rings. The number of nitrogens with one attached hydrogen (secondary N) is 1. The molecule has 1 fully saturated rings. The molecule has 1 N–H and O–H groups in total. The van der Waals surface area contributed by atoms with Gasteiger partial charge in [-0.25, -0.2) is 13.4 Å². The van der Waals surface area contributed by atoms with E-state index in [0.717, 1.165) is 38.3 Å². The fourth-order valence-electron chi connectivity index (χ4n) is 2.78. The smallest absolute Gasteiger partial charge is 0.226 e. The van der Waals surface area contributed by atoms with Crippen LogP contribution in [0.5, 0.6) is 0 Å². The summed E-state index contributed by atoms with van der Waals surface area (Å²) >= 11 is 7.48. The predicted molar refractivity (Wildman–Crippen MR) is 97.2 cm³/mol. The summed E-state index contributed by atoms with van der Waals surface area (Å²) in [5.41, 5.74) is 1.01. The van der Waals surface area contributed by atoms with E-state index in [1.54, 1.807) is 29.2 Å². The Bertz CT molecular complexity index is 810. The number of quaternary nitrogens is 1. The first-order valence-electron chi connectivity index (χ1n) is 7.98. The van der Waals surface area contributed by atoms with E-state index in [1.165, 1.54) is 11.3 Å². The Morgan fingerprint density at radius 2 is 1.88 bits per heavy atom. The highest BCUT2D eigenvalue weighted by molar-refractivity contribution is 7.91. The molecule has 2 aromatic rings. The van der Waals surface area contributed by atoms with Crippen molar-refractivity contribution in [1.29, 1.82) is 0 Å². The fourth-order valence-corrected chi connectivity index (χ4v) is 5.72. The molecule has 2 heterocycles. The number of nitrogens with zero attached hydrogens (tertiary/aromatic N) is 2. The lowest BCUT2D eigenvalue weighted by Crippen LogP contribution is -3.14. The summed E-state index contributed by atoms with van der Waals surface area (Å²) < 4.78 is 25.8. The number of piperazine rings is 1. The van der Waals surface area contributed by atoms with E-state index < -0.39 is 9.84 Å². The van der Waals surface area contributed by atoms with Gasteiger partial charge in [-0.2, -0.15) is 0 Å². The quantitative estimate of drug-likeness (QED) is 0.868. The van der Waals surface area contributed by atoms with Crippen LogP contribution >= 0.6 is 22.9 Å². The average Bonchev–Trinajstić information content (AvgIpc) is 2.98. The predicted octanol–water partition coefficient (Wildman–Crippen LogP) is 1.66. The molecular weight excluding hydrogens is 366 g/mol. The molecule has 0 aliphatic carbocycles. The van der Waals surface area contributed by atoms with Crippen LogP contribution in [0.15, 0.2) is 34.2 Å². The second-order valence-electron chi connectivity index (χ2n) is 5.98. The Morgan fingerprint density at radius 1 is 1.25 bits per heavy atom. The van der Waals surface area contributed by atoms with Crippen LogP contribution < -0.4 is 9.80 Å². The minimum atomic E-state index is -3.68. The first kappa shape index (κ1) is 17.7. The highest BCUT2D eigenvalue weighted by atomic mass is 35.5. The third kappa shape index (κ3) is 3.44. The van der Waals surface area contributed by atoms with Crippen molar-refractivity contribution in [3.8, 4) is 0 Å². The molecule has 5 nitrogen and oxygen atoms in total. The molecule has 130 valence electrons. The highest BCUT2D eigenvalue weighted by Crippen LogP contribution is 2.36. The summed E-state index contributed by atoms with van der Waals surface area (Å²) in [4.78, 5) is 8.28. The number of anilines is 1. The lowest BCUT2D eigenvalue weighted by molar-refractivity contribution is -0.898. The Hall–Kier alpha value is -1.15. The second-order valence-corrected chi connectivity index (χ2v) is 9.43. The number of hydrogen-bond donors (Lipinski definition) is 1. The molecule has 24 heavy (non-hydrogen) atoms. The highest BCUT2D eigenvalue weighted by Gasteiger charge is 2.28. The van der Waals surface area contributed by atoms with Crippen molar-refractivity contribution in [3.63, 3.8) is 0 Å². The lowest BCUT2D eigenvalue weighted by Gasteiger charge is -2.31. The van der Waals surface area contributed by atoms with E-state index in [2.05, 4.69) is 16.8 Å². The molecule has 0 bridgehead atoms. The van der Waals surface area contributed by atoms with Crippen molar-refractivity contribution in [2.45, 2.75) is 23.8 Å². The number of benzene rings is 1. The molecule has 0 radical (unpaired) electrons. The van der Waals surface area contributed by atoms with Gasteiger partial charge in [-0.05, 0) is 26.0 Å². The molecule has 0 unspecified atom stereocenters. The van der Waals surface area contributed by atoms with Crippen LogP contribution in [-0.2, 0) is 9.84 Å². The normalized spacial score (nSPS) is 16.5. The van der Waals surface area contributed by atoms with Crippen molar-refractivity contribution in [3.05, 3.63) is 34.2 Å². The SMILES string of the molecule is CC[NH+]1CCN(c2nc(S(=O)(=O)c3ccc(C)cc3)c(Cl)s2)CC1. The topological polar surface area (TPSA) is 54.7 Å². The Labute approximate surface area is 151 Å². The van der Waals surface area contributed by atoms with Crippen LogP contribution in [0.25, 0.3) is 0 Å². The van der Waals surface area contributed by atoms with Crippen LogP contribution in [0.2, 0.25) is 4.34 Å². The van der Waals surface area contributed by atoms with E-state index in [-0.39, 0.29) is 14.3 Å². The second kappa shape index (κ2) is 7.00. The fraction of sp³-hybridized carbons (Fsp3) is 0.438. The van der Waals surface area contributed by atoms with Crippen LogP contribution in [0.1, 0.15) is 12.5 Å². The Morgan fingerprint density at radius 3 is 2.46 bits per heavy atom. The van der Waals surface area contributed by atoms with Gasteiger partial charge in [0.25, 0.3) is 0 Å². The number of likely N-dealkylation sites (N-methyl/N-ethyl adjacent to an activating group) is 1. The summed E-state index contributed by atoms with van der Waals surface area (Å²) in [6.07, 6.45) is 0. The van der Waals surface area contributed by atoms with Gasteiger partial charge in [0.05, 0.1) is 37.6 Å². The number of sulfone groups is 1. The summed E-state index contributed by atoms with van der Waals surface area (Å²) in [5, 5.41) is 0.666. The standard InChI is InChI=1S/C16H20ClN3O2S2/c1-3-19-8-10-20(11-9-19)16-18-15(14(17)23-16)24(21,22)13-6-4-12(2)5-7-13/h4-7H,3,8-11H2,1-2H3/p+1. The average molecular weight is 387 g/mol. The molecule has 0 amide bonds. The molecule has 0 saturated carbocycles. The van der Waals surface area contributed by atoms with Crippen LogP contribution in [0, 0.1) is 6.92 Å². The zero-order valence-electron chi connectivity index (χ0n) is 13.8. The van der Waals surface area contributed by atoms with Crippen molar-refractivity contribution < 1.29 is 13.3 Å². The van der Waals surface area contributed by atoms with E-state index in [1.807, 2.05) is 6.92 Å². The first-order chi connectivity index (χ1) is 11.4. The van der Waals surface area contributed by atoms with E-state index in [0.29, 0.717) is 5.13 Å². The van der Waals surface area contributed by atoms with Gasteiger partial charge in [-0.3, -0.25) is 0 Å². The Balaban J connectivity index is 1.87. The third-order valence-electron chi connectivity index (χ3n) is 4.37. The minimum absolute atomic E-state index is 0.0294. The molecule has 1 aliphatic heterocycles. The van der Waals surface area contributed by atoms with Gasteiger partial charge >= 0.3 is 0 Å². The molecule has 8 heteroatoms. The van der Waals surface area contributed by atoms with Crippen molar-refractivity contribution in [1.82, 2.24) is 4.98 Å². The number of aromatic nitrogens is 1. The van der Waals surface area contributed by atoms with E-state index in [4.69, 9.17) is 11.6 Å². The lowest BCUT2D eigenvalue weighted by atomic mass is 10.2.